The van der Waals surface area contributed by atoms with Gasteiger partial charge in [0.05, 0.1) is 6.54 Å². The number of halogens is 1. The molecule has 1 amide bonds. The van der Waals surface area contributed by atoms with Crippen molar-refractivity contribution in [2.24, 2.45) is 5.92 Å². The third kappa shape index (κ3) is 2.68. The molecule has 0 unspecified atom stereocenters. The molecule has 1 rings (SSSR count). The van der Waals surface area contributed by atoms with E-state index >= 15 is 0 Å². The number of ether oxygens (including phenoxy) is 1. The highest BCUT2D eigenvalue weighted by atomic mass is 19.1. The van der Waals surface area contributed by atoms with Crippen molar-refractivity contribution in [3.63, 3.8) is 0 Å². The standard InChI is InChI=1S/C9H12FNO4/c1-2-3-15-9(14)11-4-6(8(12)13)7(10)5-11/h2,6-7H,1,3-5H2,(H,12,13)/t6-,7-/m1/s1. The lowest BCUT2D eigenvalue weighted by Crippen LogP contribution is -2.30. The summed E-state index contributed by atoms with van der Waals surface area (Å²) < 4.78 is 17.8. The maximum Gasteiger partial charge on any atom is 0.410 e. The van der Waals surface area contributed by atoms with Crippen molar-refractivity contribution in [2.45, 2.75) is 6.17 Å². The molecule has 0 aromatic heterocycles. The third-order valence-corrected chi connectivity index (χ3v) is 2.15. The van der Waals surface area contributed by atoms with E-state index in [9.17, 15) is 14.0 Å². The van der Waals surface area contributed by atoms with Crippen molar-refractivity contribution < 1.29 is 23.8 Å². The number of amides is 1. The Bertz CT molecular complexity index is 281. The van der Waals surface area contributed by atoms with Gasteiger partial charge in [0.2, 0.25) is 0 Å². The zero-order valence-corrected chi connectivity index (χ0v) is 8.06. The van der Waals surface area contributed by atoms with Crippen molar-refractivity contribution in [1.29, 1.82) is 0 Å². The minimum atomic E-state index is -1.53. The van der Waals surface area contributed by atoms with E-state index in [0.717, 1.165) is 4.90 Å². The van der Waals surface area contributed by atoms with Gasteiger partial charge in [-0.25, -0.2) is 9.18 Å². The van der Waals surface area contributed by atoms with E-state index < -0.39 is 24.2 Å². The summed E-state index contributed by atoms with van der Waals surface area (Å²) >= 11 is 0. The molecule has 1 N–H and O–H groups in total. The average molecular weight is 217 g/mol. The van der Waals surface area contributed by atoms with Crippen LogP contribution in [0.3, 0.4) is 0 Å². The summed E-state index contributed by atoms with van der Waals surface area (Å²) in [7, 11) is 0. The van der Waals surface area contributed by atoms with Gasteiger partial charge < -0.3 is 14.7 Å². The number of rotatable bonds is 3. The molecule has 0 radical (unpaired) electrons. The molecule has 2 atom stereocenters. The molecule has 1 saturated heterocycles. The fourth-order valence-electron chi connectivity index (χ4n) is 1.37. The minimum Gasteiger partial charge on any atom is -0.481 e. The number of hydrogen-bond donors (Lipinski definition) is 1. The molecule has 1 heterocycles. The lowest BCUT2D eigenvalue weighted by atomic mass is 10.1. The fraction of sp³-hybridized carbons (Fsp3) is 0.556. The van der Waals surface area contributed by atoms with Gasteiger partial charge >= 0.3 is 12.1 Å². The largest absolute Gasteiger partial charge is 0.481 e. The zero-order valence-electron chi connectivity index (χ0n) is 8.06. The van der Waals surface area contributed by atoms with E-state index in [4.69, 9.17) is 5.11 Å². The van der Waals surface area contributed by atoms with Gasteiger partial charge in [0.15, 0.2) is 0 Å². The van der Waals surface area contributed by atoms with Gasteiger partial charge in [-0.3, -0.25) is 4.79 Å². The molecule has 84 valence electrons. The summed E-state index contributed by atoms with van der Waals surface area (Å²) in [5, 5.41) is 8.62. The Balaban J connectivity index is 2.50. The van der Waals surface area contributed by atoms with Crippen LogP contribution in [0.2, 0.25) is 0 Å². The van der Waals surface area contributed by atoms with Crippen LogP contribution in [0.5, 0.6) is 0 Å². The maximum absolute atomic E-state index is 13.1. The third-order valence-electron chi connectivity index (χ3n) is 2.15. The van der Waals surface area contributed by atoms with E-state index in [0.29, 0.717) is 0 Å². The second-order valence-electron chi connectivity index (χ2n) is 3.23. The number of carboxylic acids is 1. The van der Waals surface area contributed by atoms with Crippen LogP contribution < -0.4 is 0 Å². The number of carbonyl (C=O) groups is 2. The van der Waals surface area contributed by atoms with Crippen LogP contribution in [0.25, 0.3) is 0 Å². The smallest absolute Gasteiger partial charge is 0.410 e. The monoisotopic (exact) mass is 217 g/mol. The first-order valence-electron chi connectivity index (χ1n) is 4.45. The molecule has 0 aromatic rings. The molecule has 0 spiro atoms. The van der Waals surface area contributed by atoms with Crippen LogP contribution in [-0.4, -0.2) is 47.9 Å². The Morgan fingerprint density at radius 2 is 2.27 bits per heavy atom. The SMILES string of the molecule is C=CCOC(=O)N1C[C@@H](F)[C@H](C(=O)O)C1. The fourth-order valence-corrected chi connectivity index (χ4v) is 1.37. The molecule has 0 aliphatic carbocycles. The van der Waals surface area contributed by atoms with Gasteiger partial charge in [-0.15, -0.1) is 0 Å². The van der Waals surface area contributed by atoms with Crippen LogP contribution in [0.4, 0.5) is 9.18 Å². The number of likely N-dealkylation sites (tertiary alicyclic amines) is 1. The second kappa shape index (κ2) is 4.77. The molecule has 5 nitrogen and oxygen atoms in total. The number of nitrogens with zero attached hydrogens (tertiary/aromatic N) is 1. The summed E-state index contributed by atoms with van der Waals surface area (Å²) in [6.45, 7) is 3.01. The summed E-state index contributed by atoms with van der Waals surface area (Å²) in [5.41, 5.74) is 0. The predicted octanol–water partition coefficient (Wildman–Crippen LogP) is 0.663. The van der Waals surface area contributed by atoms with Crippen molar-refractivity contribution in [2.75, 3.05) is 19.7 Å². The van der Waals surface area contributed by atoms with Gasteiger partial charge in [-0.1, -0.05) is 12.7 Å². The van der Waals surface area contributed by atoms with Gasteiger partial charge in [0.1, 0.15) is 18.7 Å². The molecule has 1 aliphatic rings. The van der Waals surface area contributed by atoms with Gasteiger partial charge in [-0.05, 0) is 0 Å². The molecular formula is C9H12FNO4. The Hall–Kier alpha value is -1.59. The van der Waals surface area contributed by atoms with Crippen LogP contribution >= 0.6 is 0 Å². The van der Waals surface area contributed by atoms with E-state index in [1.165, 1.54) is 6.08 Å². The number of alkyl halides is 1. The van der Waals surface area contributed by atoms with E-state index in [2.05, 4.69) is 11.3 Å². The van der Waals surface area contributed by atoms with E-state index in [-0.39, 0.29) is 19.7 Å². The molecule has 15 heavy (non-hydrogen) atoms. The Kier molecular flexibility index (Phi) is 3.65. The number of carboxylic acid groups (broad SMARTS) is 1. The van der Waals surface area contributed by atoms with Crippen molar-refractivity contribution in [1.82, 2.24) is 4.90 Å². The second-order valence-corrected chi connectivity index (χ2v) is 3.23. The number of carbonyl (C=O) groups excluding carboxylic acids is 1. The average Bonchev–Trinajstić information content (AvgIpc) is 2.56. The van der Waals surface area contributed by atoms with E-state index in [1.54, 1.807) is 0 Å². The topological polar surface area (TPSA) is 66.8 Å². The first-order valence-corrected chi connectivity index (χ1v) is 4.45. The molecule has 1 fully saturated rings. The maximum atomic E-state index is 13.1. The van der Waals surface area contributed by atoms with Crippen molar-refractivity contribution in [3.8, 4) is 0 Å². The van der Waals surface area contributed by atoms with Crippen molar-refractivity contribution >= 4 is 12.1 Å². The van der Waals surface area contributed by atoms with Crippen LogP contribution in [-0.2, 0) is 9.53 Å². The summed E-state index contributed by atoms with van der Waals surface area (Å²) in [6.07, 6.45) is -0.852. The molecule has 0 aromatic carbocycles. The zero-order chi connectivity index (χ0) is 11.4. The Morgan fingerprint density at radius 3 is 2.73 bits per heavy atom. The first-order chi connectivity index (χ1) is 7.06. The van der Waals surface area contributed by atoms with Gasteiger partial charge in [0.25, 0.3) is 0 Å². The lowest BCUT2D eigenvalue weighted by molar-refractivity contribution is -0.142. The summed E-state index contributed by atoms with van der Waals surface area (Å²) in [6, 6.07) is 0. The van der Waals surface area contributed by atoms with Crippen LogP contribution in [0, 0.1) is 5.92 Å². The molecule has 6 heteroatoms. The minimum absolute atomic E-state index is 0.0318. The molecular weight excluding hydrogens is 205 g/mol. The highest BCUT2D eigenvalue weighted by molar-refractivity contribution is 5.75. The molecule has 0 saturated carbocycles. The Morgan fingerprint density at radius 1 is 1.60 bits per heavy atom. The lowest BCUT2D eigenvalue weighted by Gasteiger charge is -2.14. The number of hydrogen-bond acceptors (Lipinski definition) is 3. The van der Waals surface area contributed by atoms with Crippen molar-refractivity contribution in [3.05, 3.63) is 12.7 Å². The number of aliphatic carboxylic acids is 1. The predicted molar refractivity (Wildman–Crippen MR) is 49.1 cm³/mol. The normalized spacial score (nSPS) is 25.0. The summed E-state index contributed by atoms with van der Waals surface area (Å²) in [5.74, 6) is -2.39. The quantitative estimate of drug-likeness (QED) is 0.705. The summed E-state index contributed by atoms with van der Waals surface area (Å²) in [4.78, 5) is 22.8. The van der Waals surface area contributed by atoms with E-state index in [1.807, 2.05) is 0 Å². The molecule has 0 bridgehead atoms. The highest BCUT2D eigenvalue weighted by Crippen LogP contribution is 2.20. The van der Waals surface area contributed by atoms with Crippen LogP contribution in [0.15, 0.2) is 12.7 Å². The van der Waals surface area contributed by atoms with Gasteiger partial charge in [0, 0.05) is 6.54 Å². The highest BCUT2D eigenvalue weighted by Gasteiger charge is 2.40. The molecule has 1 aliphatic heterocycles. The Labute approximate surface area is 86.1 Å². The van der Waals surface area contributed by atoms with Crippen LogP contribution in [0.1, 0.15) is 0 Å². The first kappa shape index (κ1) is 11.5. The van der Waals surface area contributed by atoms with Gasteiger partial charge in [-0.2, -0.15) is 0 Å².